The van der Waals surface area contributed by atoms with E-state index in [9.17, 15) is 0 Å². The maximum Gasteiger partial charge on any atom is -0.0360 e. The molecule has 0 N–H and O–H groups in total. The predicted octanol–water partition coefficient (Wildman–Crippen LogP) is 4.10. The molecule has 0 radical (unpaired) electrons. The molecule has 0 amide bonds. The summed E-state index contributed by atoms with van der Waals surface area (Å²) in [5, 5.41) is 0. The molecule has 1 aliphatic carbocycles. The predicted molar refractivity (Wildman–Crippen MR) is 55.1 cm³/mol. The van der Waals surface area contributed by atoms with Crippen molar-refractivity contribution in [1.29, 1.82) is 0 Å². The first-order valence-corrected chi connectivity index (χ1v) is 5.70. The van der Waals surface area contributed by atoms with E-state index in [1.165, 1.54) is 25.7 Å². The van der Waals surface area contributed by atoms with Gasteiger partial charge in [-0.05, 0) is 23.7 Å². The van der Waals surface area contributed by atoms with Crippen molar-refractivity contribution in [3.05, 3.63) is 0 Å². The molecule has 0 heteroatoms. The van der Waals surface area contributed by atoms with Crippen LogP contribution in [0.2, 0.25) is 0 Å². The van der Waals surface area contributed by atoms with Crippen LogP contribution in [0.5, 0.6) is 0 Å². The Morgan fingerprint density at radius 2 is 1.17 bits per heavy atom. The van der Waals surface area contributed by atoms with Crippen molar-refractivity contribution in [2.75, 3.05) is 0 Å². The highest BCUT2D eigenvalue weighted by Gasteiger charge is 2.32. The molecule has 0 heterocycles. The molecular formula is C12H24. The van der Waals surface area contributed by atoms with E-state index in [0.29, 0.717) is 0 Å². The van der Waals surface area contributed by atoms with Crippen LogP contribution in [0.15, 0.2) is 0 Å². The van der Waals surface area contributed by atoms with E-state index in [0.717, 1.165) is 23.7 Å². The Hall–Kier alpha value is 0. The van der Waals surface area contributed by atoms with Crippen LogP contribution in [0.4, 0.5) is 0 Å². The van der Waals surface area contributed by atoms with E-state index < -0.39 is 0 Å². The van der Waals surface area contributed by atoms with Gasteiger partial charge in [0, 0.05) is 0 Å². The zero-order valence-corrected chi connectivity index (χ0v) is 9.14. The Labute approximate surface area is 77.7 Å². The third-order valence-electron chi connectivity index (χ3n) is 4.03. The monoisotopic (exact) mass is 168 g/mol. The molecule has 0 spiro atoms. The average molecular weight is 168 g/mol. The van der Waals surface area contributed by atoms with Gasteiger partial charge in [-0.1, -0.05) is 53.4 Å². The maximum atomic E-state index is 2.45. The van der Waals surface area contributed by atoms with Gasteiger partial charge in [-0.15, -0.1) is 0 Å². The van der Waals surface area contributed by atoms with Gasteiger partial charge in [-0.3, -0.25) is 0 Å². The fourth-order valence-electron chi connectivity index (χ4n) is 3.21. The number of rotatable bonds is 2. The molecule has 0 saturated heterocycles. The Kier molecular flexibility index (Phi) is 3.61. The standard InChI is InChI=1S/C12H24/c1-5-11-9(3)7-8-10(4)12(11)6-2/h9-12H,5-8H2,1-4H3. The highest BCUT2D eigenvalue weighted by Crippen LogP contribution is 2.41. The lowest BCUT2D eigenvalue weighted by molar-refractivity contribution is 0.101. The van der Waals surface area contributed by atoms with Gasteiger partial charge >= 0.3 is 0 Å². The van der Waals surface area contributed by atoms with Crippen molar-refractivity contribution in [1.82, 2.24) is 0 Å². The lowest BCUT2D eigenvalue weighted by atomic mass is 9.66. The van der Waals surface area contributed by atoms with E-state index >= 15 is 0 Å². The molecule has 1 aliphatic rings. The van der Waals surface area contributed by atoms with Crippen LogP contribution in [0.1, 0.15) is 53.4 Å². The molecule has 1 saturated carbocycles. The van der Waals surface area contributed by atoms with E-state index in [4.69, 9.17) is 0 Å². The van der Waals surface area contributed by atoms with E-state index in [1.54, 1.807) is 0 Å². The van der Waals surface area contributed by atoms with Crippen molar-refractivity contribution >= 4 is 0 Å². The topological polar surface area (TPSA) is 0 Å². The molecule has 1 fully saturated rings. The zero-order chi connectivity index (χ0) is 9.14. The van der Waals surface area contributed by atoms with Crippen molar-refractivity contribution < 1.29 is 0 Å². The summed E-state index contributed by atoms with van der Waals surface area (Å²) in [6, 6.07) is 0. The number of hydrogen-bond donors (Lipinski definition) is 0. The fourth-order valence-corrected chi connectivity index (χ4v) is 3.21. The highest BCUT2D eigenvalue weighted by molar-refractivity contribution is 4.82. The second kappa shape index (κ2) is 4.30. The summed E-state index contributed by atoms with van der Waals surface area (Å²) in [6.45, 7) is 9.62. The smallest absolute Gasteiger partial charge is 0.0360 e. The maximum absolute atomic E-state index is 2.45. The fraction of sp³-hybridized carbons (Fsp3) is 1.00. The molecular weight excluding hydrogens is 144 g/mol. The third-order valence-corrected chi connectivity index (χ3v) is 4.03. The summed E-state index contributed by atoms with van der Waals surface area (Å²) in [4.78, 5) is 0. The molecule has 0 aromatic heterocycles. The minimum absolute atomic E-state index is 0.983. The second-order valence-electron chi connectivity index (χ2n) is 4.68. The van der Waals surface area contributed by atoms with Crippen LogP contribution in [0.3, 0.4) is 0 Å². The van der Waals surface area contributed by atoms with Crippen molar-refractivity contribution in [3.8, 4) is 0 Å². The minimum atomic E-state index is 0.983. The second-order valence-corrected chi connectivity index (χ2v) is 4.68. The molecule has 0 aliphatic heterocycles. The van der Waals surface area contributed by atoms with Crippen LogP contribution in [-0.2, 0) is 0 Å². The SMILES string of the molecule is CCC1C(C)CCC(C)C1CC. The summed E-state index contributed by atoms with van der Waals surface area (Å²) < 4.78 is 0. The first-order valence-electron chi connectivity index (χ1n) is 5.70. The van der Waals surface area contributed by atoms with E-state index in [2.05, 4.69) is 27.7 Å². The Bertz CT molecular complexity index is 112. The van der Waals surface area contributed by atoms with Gasteiger partial charge in [0.25, 0.3) is 0 Å². The molecule has 4 atom stereocenters. The van der Waals surface area contributed by atoms with Gasteiger partial charge in [0.05, 0.1) is 0 Å². The van der Waals surface area contributed by atoms with Crippen molar-refractivity contribution in [2.45, 2.75) is 53.4 Å². The normalized spacial score (nSPS) is 43.0. The van der Waals surface area contributed by atoms with Crippen LogP contribution < -0.4 is 0 Å². The first-order chi connectivity index (χ1) is 5.70. The minimum Gasteiger partial charge on any atom is -0.0651 e. The molecule has 0 aromatic carbocycles. The van der Waals surface area contributed by atoms with Gasteiger partial charge in [-0.2, -0.15) is 0 Å². The van der Waals surface area contributed by atoms with Crippen LogP contribution in [0.25, 0.3) is 0 Å². The van der Waals surface area contributed by atoms with Crippen LogP contribution in [0, 0.1) is 23.7 Å². The summed E-state index contributed by atoms with van der Waals surface area (Å²) >= 11 is 0. The molecule has 4 unspecified atom stereocenters. The van der Waals surface area contributed by atoms with E-state index in [-0.39, 0.29) is 0 Å². The largest absolute Gasteiger partial charge is 0.0651 e. The summed E-state index contributed by atoms with van der Waals surface area (Å²) in [5.74, 6) is 3.99. The van der Waals surface area contributed by atoms with Gasteiger partial charge < -0.3 is 0 Å². The highest BCUT2D eigenvalue weighted by atomic mass is 14.4. The molecule has 72 valence electrons. The molecule has 0 bridgehead atoms. The summed E-state index contributed by atoms with van der Waals surface area (Å²) in [6.07, 6.45) is 5.72. The van der Waals surface area contributed by atoms with Gasteiger partial charge in [0.15, 0.2) is 0 Å². The van der Waals surface area contributed by atoms with Crippen LogP contribution in [-0.4, -0.2) is 0 Å². The lowest BCUT2D eigenvalue weighted by Gasteiger charge is -2.40. The van der Waals surface area contributed by atoms with Crippen LogP contribution >= 0.6 is 0 Å². The van der Waals surface area contributed by atoms with Gasteiger partial charge in [0.2, 0.25) is 0 Å². The van der Waals surface area contributed by atoms with Crippen molar-refractivity contribution in [3.63, 3.8) is 0 Å². The zero-order valence-electron chi connectivity index (χ0n) is 9.14. The Morgan fingerprint density at radius 3 is 1.42 bits per heavy atom. The molecule has 12 heavy (non-hydrogen) atoms. The van der Waals surface area contributed by atoms with Gasteiger partial charge in [0.1, 0.15) is 0 Å². The first kappa shape index (κ1) is 10.1. The third kappa shape index (κ3) is 1.84. The molecule has 0 aromatic rings. The molecule has 0 nitrogen and oxygen atoms in total. The summed E-state index contributed by atoms with van der Waals surface area (Å²) in [5.41, 5.74) is 0. The molecule has 1 rings (SSSR count). The Morgan fingerprint density at radius 1 is 0.833 bits per heavy atom. The average Bonchev–Trinajstić information content (AvgIpc) is 2.08. The van der Waals surface area contributed by atoms with Crippen molar-refractivity contribution in [2.24, 2.45) is 23.7 Å². The lowest BCUT2D eigenvalue weighted by Crippen LogP contribution is -2.31. The summed E-state index contributed by atoms with van der Waals surface area (Å²) in [7, 11) is 0. The quantitative estimate of drug-likeness (QED) is 0.582. The van der Waals surface area contributed by atoms with E-state index in [1.807, 2.05) is 0 Å². The number of hydrogen-bond acceptors (Lipinski definition) is 0. The Balaban J connectivity index is 2.61. The van der Waals surface area contributed by atoms with Gasteiger partial charge in [-0.25, -0.2) is 0 Å².